The van der Waals surface area contributed by atoms with Crippen LogP contribution in [-0.2, 0) is 4.74 Å². The molecule has 0 saturated carbocycles. The lowest BCUT2D eigenvalue weighted by molar-refractivity contribution is -0.384. The molecule has 1 heterocycles. The average Bonchev–Trinajstić information content (AvgIpc) is 2.38. The molecule has 1 unspecified atom stereocenters. The zero-order valence-electron chi connectivity index (χ0n) is 11.1. The largest absolute Gasteiger partial charge is 0.384 e. The summed E-state index contributed by atoms with van der Waals surface area (Å²) < 4.78 is 5.19. The van der Waals surface area contributed by atoms with E-state index in [4.69, 9.17) is 27.9 Å². The molecule has 5 nitrogen and oxygen atoms in total. The maximum absolute atomic E-state index is 10.8. The molecule has 1 aliphatic heterocycles. The lowest BCUT2D eigenvalue weighted by Crippen LogP contribution is -2.37. The molecule has 1 fully saturated rings. The second-order valence-electron chi connectivity index (χ2n) is 4.92. The highest BCUT2D eigenvalue weighted by Gasteiger charge is 2.25. The Morgan fingerprint density at radius 3 is 2.65 bits per heavy atom. The van der Waals surface area contributed by atoms with Crippen molar-refractivity contribution in [2.45, 2.75) is 12.8 Å². The molecule has 1 aromatic rings. The minimum atomic E-state index is -0.495. The van der Waals surface area contributed by atoms with Crippen LogP contribution in [0.25, 0.3) is 0 Å². The number of nitro benzene ring substituents is 1. The van der Waals surface area contributed by atoms with Crippen LogP contribution in [0.5, 0.6) is 0 Å². The minimum Gasteiger partial charge on any atom is -0.384 e. The van der Waals surface area contributed by atoms with Gasteiger partial charge in [0, 0.05) is 32.3 Å². The summed E-state index contributed by atoms with van der Waals surface area (Å²) in [6.45, 7) is 2.33. The van der Waals surface area contributed by atoms with Crippen molar-refractivity contribution >= 4 is 34.6 Å². The average molecular weight is 319 g/mol. The number of hydrogen-bond donors (Lipinski definition) is 0. The second kappa shape index (κ2) is 6.61. The number of nitrogens with zero attached hydrogens (tertiary/aromatic N) is 2. The monoisotopic (exact) mass is 318 g/mol. The third-order valence-electron chi connectivity index (χ3n) is 3.45. The van der Waals surface area contributed by atoms with Crippen molar-refractivity contribution in [3.05, 3.63) is 32.3 Å². The molecular weight excluding hydrogens is 303 g/mol. The van der Waals surface area contributed by atoms with Crippen LogP contribution in [-0.4, -0.2) is 31.7 Å². The molecule has 1 aliphatic rings. The van der Waals surface area contributed by atoms with Crippen molar-refractivity contribution in [1.82, 2.24) is 0 Å². The fourth-order valence-electron chi connectivity index (χ4n) is 2.60. The van der Waals surface area contributed by atoms with Crippen LogP contribution in [0.15, 0.2) is 12.1 Å². The van der Waals surface area contributed by atoms with E-state index >= 15 is 0 Å². The number of ether oxygens (including phenoxy) is 1. The van der Waals surface area contributed by atoms with Gasteiger partial charge in [-0.25, -0.2) is 0 Å². The molecule has 0 aliphatic carbocycles. The first-order valence-electron chi connectivity index (χ1n) is 6.40. The first kappa shape index (κ1) is 15.4. The normalized spacial score (nSPS) is 19.1. The summed E-state index contributed by atoms with van der Waals surface area (Å²) in [5, 5.41) is 11.4. The number of rotatable bonds is 4. The first-order valence-corrected chi connectivity index (χ1v) is 7.16. The zero-order valence-corrected chi connectivity index (χ0v) is 12.7. The fraction of sp³-hybridized carbons (Fsp3) is 0.538. The van der Waals surface area contributed by atoms with Crippen LogP contribution in [0.3, 0.4) is 0 Å². The molecule has 0 radical (unpaired) electrons. The number of benzene rings is 1. The molecule has 2 rings (SSSR count). The highest BCUT2D eigenvalue weighted by Crippen LogP contribution is 2.39. The molecule has 0 amide bonds. The summed E-state index contributed by atoms with van der Waals surface area (Å²) in [5.74, 6) is 0.427. The van der Waals surface area contributed by atoms with Crippen molar-refractivity contribution in [2.24, 2.45) is 5.92 Å². The van der Waals surface area contributed by atoms with Gasteiger partial charge in [-0.15, -0.1) is 0 Å². The van der Waals surface area contributed by atoms with E-state index in [2.05, 4.69) is 4.90 Å². The van der Waals surface area contributed by atoms with Gasteiger partial charge in [0.05, 0.1) is 27.3 Å². The van der Waals surface area contributed by atoms with Crippen LogP contribution in [0, 0.1) is 16.0 Å². The molecule has 110 valence electrons. The van der Waals surface area contributed by atoms with Gasteiger partial charge in [0.15, 0.2) is 0 Å². The molecule has 20 heavy (non-hydrogen) atoms. The van der Waals surface area contributed by atoms with Gasteiger partial charge in [-0.05, 0) is 18.8 Å². The van der Waals surface area contributed by atoms with Gasteiger partial charge in [0.25, 0.3) is 5.69 Å². The Bertz CT molecular complexity index is 485. The highest BCUT2D eigenvalue weighted by molar-refractivity contribution is 6.39. The quantitative estimate of drug-likeness (QED) is 0.626. The highest BCUT2D eigenvalue weighted by atomic mass is 35.5. The number of anilines is 1. The Morgan fingerprint density at radius 2 is 2.10 bits per heavy atom. The van der Waals surface area contributed by atoms with Gasteiger partial charge >= 0.3 is 0 Å². The minimum absolute atomic E-state index is 0.0887. The molecule has 1 aromatic carbocycles. The van der Waals surface area contributed by atoms with Crippen LogP contribution in [0.4, 0.5) is 11.4 Å². The van der Waals surface area contributed by atoms with E-state index in [1.54, 1.807) is 7.11 Å². The summed E-state index contributed by atoms with van der Waals surface area (Å²) >= 11 is 12.4. The summed E-state index contributed by atoms with van der Waals surface area (Å²) in [7, 11) is 1.69. The van der Waals surface area contributed by atoms with Gasteiger partial charge in [0.1, 0.15) is 0 Å². The van der Waals surface area contributed by atoms with Crippen molar-refractivity contribution in [1.29, 1.82) is 0 Å². The van der Waals surface area contributed by atoms with Gasteiger partial charge in [-0.2, -0.15) is 0 Å². The van der Waals surface area contributed by atoms with E-state index in [1.807, 2.05) is 0 Å². The standard InChI is InChI=1S/C13H16Cl2N2O3/c1-20-8-9-3-2-4-16(7-9)13-11(14)5-10(17(18)19)6-12(13)15/h5-6,9H,2-4,7-8H2,1H3. The van der Waals surface area contributed by atoms with Gasteiger partial charge in [-0.1, -0.05) is 23.2 Å². The second-order valence-corrected chi connectivity index (χ2v) is 5.74. The summed E-state index contributed by atoms with van der Waals surface area (Å²) in [4.78, 5) is 12.4. The van der Waals surface area contributed by atoms with E-state index in [0.717, 1.165) is 25.9 Å². The Labute approximate surface area is 127 Å². The van der Waals surface area contributed by atoms with E-state index in [-0.39, 0.29) is 5.69 Å². The first-order chi connectivity index (χ1) is 9.52. The Balaban J connectivity index is 2.26. The molecule has 0 aromatic heterocycles. The predicted molar refractivity (Wildman–Crippen MR) is 79.9 cm³/mol. The number of halogens is 2. The summed E-state index contributed by atoms with van der Waals surface area (Å²) in [6, 6.07) is 2.70. The number of methoxy groups -OCH3 is 1. The van der Waals surface area contributed by atoms with E-state index in [1.165, 1.54) is 12.1 Å². The Hall–Kier alpha value is -1.04. The fourth-order valence-corrected chi connectivity index (χ4v) is 3.31. The SMILES string of the molecule is COCC1CCCN(c2c(Cl)cc([N+](=O)[O-])cc2Cl)C1. The van der Waals surface area contributed by atoms with Crippen molar-refractivity contribution < 1.29 is 9.66 Å². The molecule has 1 atom stereocenters. The van der Waals surface area contributed by atoms with Crippen LogP contribution in [0.2, 0.25) is 10.0 Å². The number of hydrogen-bond acceptors (Lipinski definition) is 4. The van der Waals surface area contributed by atoms with Crippen LogP contribution < -0.4 is 4.90 Å². The molecule has 1 saturated heterocycles. The lowest BCUT2D eigenvalue weighted by atomic mass is 9.98. The number of non-ortho nitro benzene ring substituents is 1. The molecule has 0 N–H and O–H groups in total. The smallest absolute Gasteiger partial charge is 0.272 e. The third-order valence-corrected chi connectivity index (χ3v) is 4.03. The maximum atomic E-state index is 10.8. The van der Waals surface area contributed by atoms with Gasteiger partial charge < -0.3 is 9.64 Å². The predicted octanol–water partition coefficient (Wildman–Crippen LogP) is 3.76. The number of nitro groups is 1. The summed E-state index contributed by atoms with van der Waals surface area (Å²) in [5.41, 5.74) is 0.592. The van der Waals surface area contributed by atoms with Crippen molar-refractivity contribution in [3.63, 3.8) is 0 Å². The maximum Gasteiger partial charge on any atom is 0.272 e. The van der Waals surface area contributed by atoms with Crippen molar-refractivity contribution in [3.8, 4) is 0 Å². The van der Waals surface area contributed by atoms with Crippen molar-refractivity contribution in [2.75, 3.05) is 31.7 Å². The third kappa shape index (κ3) is 3.34. The molecule has 0 spiro atoms. The topological polar surface area (TPSA) is 55.6 Å². The molecule has 0 bridgehead atoms. The van der Waals surface area contributed by atoms with E-state index < -0.39 is 4.92 Å². The van der Waals surface area contributed by atoms with Crippen LogP contribution in [0.1, 0.15) is 12.8 Å². The van der Waals surface area contributed by atoms with E-state index in [9.17, 15) is 10.1 Å². The van der Waals surface area contributed by atoms with E-state index in [0.29, 0.717) is 28.3 Å². The lowest BCUT2D eigenvalue weighted by Gasteiger charge is -2.35. The zero-order chi connectivity index (χ0) is 14.7. The summed E-state index contributed by atoms with van der Waals surface area (Å²) in [6.07, 6.45) is 2.13. The van der Waals surface area contributed by atoms with Crippen LogP contribution >= 0.6 is 23.2 Å². The number of piperidine rings is 1. The van der Waals surface area contributed by atoms with Gasteiger partial charge in [-0.3, -0.25) is 10.1 Å². The molecular formula is C13H16Cl2N2O3. The Kier molecular flexibility index (Phi) is 5.07. The molecule has 7 heteroatoms. The van der Waals surface area contributed by atoms with Gasteiger partial charge in [0.2, 0.25) is 0 Å². The Morgan fingerprint density at radius 1 is 1.45 bits per heavy atom.